The molecule has 0 aliphatic carbocycles. The van der Waals surface area contributed by atoms with Crippen LogP contribution in [0.5, 0.6) is 5.75 Å². The fourth-order valence-corrected chi connectivity index (χ4v) is 3.24. The summed E-state index contributed by atoms with van der Waals surface area (Å²) in [6.45, 7) is 1.46. The Labute approximate surface area is 184 Å². The molecule has 1 atom stereocenters. The Balaban J connectivity index is 1.93. The van der Waals surface area contributed by atoms with Crippen LogP contribution in [0.2, 0.25) is 5.02 Å². The number of nitrogens with one attached hydrogen (secondary N) is 2. The van der Waals surface area contributed by atoms with E-state index in [-0.39, 0.29) is 30.0 Å². The maximum Gasteiger partial charge on any atom is 0.342 e. The van der Waals surface area contributed by atoms with Gasteiger partial charge in [-0.2, -0.15) is 0 Å². The van der Waals surface area contributed by atoms with Crippen molar-refractivity contribution in [1.82, 2.24) is 10.6 Å². The lowest BCUT2D eigenvalue weighted by molar-refractivity contribution is -0.139. The average Bonchev–Trinajstić information content (AvgIpc) is 2.77. The quantitative estimate of drug-likeness (QED) is 0.634. The first-order valence-corrected chi connectivity index (χ1v) is 9.85. The number of para-hydroxylation sites is 1. The number of hydrogen-bond acceptors (Lipinski definition) is 6. The van der Waals surface area contributed by atoms with Gasteiger partial charge in [0.2, 0.25) is 0 Å². The minimum atomic E-state index is -0.801. The predicted octanol–water partition coefficient (Wildman–Crippen LogP) is 3.38. The van der Waals surface area contributed by atoms with Crippen molar-refractivity contribution in [3.05, 3.63) is 76.0 Å². The summed E-state index contributed by atoms with van der Waals surface area (Å²) >= 11 is 5.95. The van der Waals surface area contributed by atoms with Crippen LogP contribution >= 0.6 is 11.6 Å². The summed E-state index contributed by atoms with van der Waals surface area (Å²) in [6.07, 6.45) is 0. The van der Waals surface area contributed by atoms with Crippen LogP contribution in [0.3, 0.4) is 0 Å². The van der Waals surface area contributed by atoms with Crippen molar-refractivity contribution in [3.8, 4) is 5.75 Å². The Morgan fingerprint density at radius 2 is 1.74 bits per heavy atom. The van der Waals surface area contributed by atoms with E-state index < -0.39 is 24.0 Å². The molecule has 1 aliphatic heterocycles. The molecule has 0 saturated heterocycles. The number of rotatable bonds is 7. The minimum Gasteiger partial charge on any atom is -0.496 e. The summed E-state index contributed by atoms with van der Waals surface area (Å²) in [5.74, 6) is -0.956. The molecule has 1 unspecified atom stereocenters. The monoisotopic (exact) mass is 444 g/mol. The van der Waals surface area contributed by atoms with E-state index in [0.29, 0.717) is 16.3 Å². The summed E-state index contributed by atoms with van der Waals surface area (Å²) in [5.41, 5.74) is 1.11. The number of amides is 2. The molecule has 31 heavy (non-hydrogen) atoms. The van der Waals surface area contributed by atoms with Gasteiger partial charge in [0, 0.05) is 5.02 Å². The number of halogens is 1. The second-order valence-corrected chi connectivity index (χ2v) is 6.91. The average molecular weight is 445 g/mol. The van der Waals surface area contributed by atoms with Gasteiger partial charge in [0.15, 0.2) is 0 Å². The summed E-state index contributed by atoms with van der Waals surface area (Å²) in [7, 11) is 1.44. The molecule has 0 spiro atoms. The molecular formula is C22H21ClN2O6. The van der Waals surface area contributed by atoms with Gasteiger partial charge in [-0.05, 0) is 36.8 Å². The Morgan fingerprint density at radius 1 is 1.03 bits per heavy atom. The highest BCUT2D eigenvalue weighted by Gasteiger charge is 2.34. The maximum absolute atomic E-state index is 12.7. The summed E-state index contributed by atoms with van der Waals surface area (Å²) in [5, 5.41) is 5.75. The number of methoxy groups -OCH3 is 1. The molecule has 0 radical (unpaired) electrons. The van der Waals surface area contributed by atoms with Crippen LogP contribution in [-0.4, -0.2) is 38.3 Å². The van der Waals surface area contributed by atoms with Crippen LogP contribution in [0.1, 0.15) is 28.9 Å². The van der Waals surface area contributed by atoms with E-state index in [9.17, 15) is 14.4 Å². The number of benzene rings is 2. The first-order chi connectivity index (χ1) is 14.9. The van der Waals surface area contributed by atoms with Gasteiger partial charge in [-0.25, -0.2) is 14.4 Å². The maximum atomic E-state index is 12.7. The van der Waals surface area contributed by atoms with Crippen LogP contribution in [-0.2, 0) is 14.3 Å². The van der Waals surface area contributed by atoms with Gasteiger partial charge in [0.05, 0.1) is 31.0 Å². The van der Waals surface area contributed by atoms with E-state index in [1.54, 1.807) is 55.5 Å². The van der Waals surface area contributed by atoms with E-state index in [0.717, 1.165) is 0 Å². The van der Waals surface area contributed by atoms with Gasteiger partial charge in [0.1, 0.15) is 17.9 Å². The summed E-state index contributed by atoms with van der Waals surface area (Å²) in [4.78, 5) is 37.5. The zero-order valence-electron chi connectivity index (χ0n) is 16.9. The van der Waals surface area contributed by atoms with Gasteiger partial charge in [-0.1, -0.05) is 35.9 Å². The van der Waals surface area contributed by atoms with Crippen LogP contribution in [0, 0.1) is 0 Å². The van der Waals surface area contributed by atoms with Crippen molar-refractivity contribution in [2.75, 3.05) is 20.3 Å². The van der Waals surface area contributed by atoms with Crippen LogP contribution in [0.25, 0.3) is 0 Å². The number of urea groups is 1. The number of ether oxygens (including phenoxy) is 3. The van der Waals surface area contributed by atoms with E-state index in [4.69, 9.17) is 25.8 Å². The number of esters is 2. The lowest BCUT2D eigenvalue weighted by atomic mass is 9.95. The Hall–Kier alpha value is -3.52. The molecule has 8 nitrogen and oxygen atoms in total. The van der Waals surface area contributed by atoms with Gasteiger partial charge >= 0.3 is 18.0 Å². The molecule has 2 amide bonds. The zero-order valence-corrected chi connectivity index (χ0v) is 17.7. The molecule has 2 aromatic carbocycles. The number of hydrogen-bond donors (Lipinski definition) is 2. The highest BCUT2D eigenvalue weighted by molar-refractivity contribution is 6.30. The largest absolute Gasteiger partial charge is 0.496 e. The first-order valence-electron chi connectivity index (χ1n) is 9.47. The lowest BCUT2D eigenvalue weighted by Crippen LogP contribution is -2.47. The standard InChI is InChI=1S/C22H21ClN2O6/c1-3-30-21(27)18-16(12-31-20(26)15-6-4-5-7-17(15)29-2)24-22(28)25-19(18)13-8-10-14(23)11-9-13/h4-11,19H,3,12H2,1-2H3,(H2,24,25,28). The van der Waals surface area contributed by atoms with Crippen LogP contribution in [0.4, 0.5) is 4.79 Å². The van der Waals surface area contributed by atoms with Crippen molar-refractivity contribution in [3.63, 3.8) is 0 Å². The minimum absolute atomic E-state index is 0.130. The Morgan fingerprint density at radius 3 is 2.42 bits per heavy atom. The zero-order chi connectivity index (χ0) is 22.4. The first kappa shape index (κ1) is 22.2. The fourth-order valence-electron chi connectivity index (χ4n) is 3.12. The normalized spacial score (nSPS) is 15.6. The second kappa shape index (κ2) is 9.99. The molecular weight excluding hydrogens is 424 g/mol. The third kappa shape index (κ3) is 5.16. The van der Waals surface area contributed by atoms with Gasteiger partial charge < -0.3 is 24.8 Å². The molecule has 9 heteroatoms. The SMILES string of the molecule is CCOC(=O)C1=C(COC(=O)c2ccccc2OC)NC(=O)NC1c1ccc(Cl)cc1. The summed E-state index contributed by atoms with van der Waals surface area (Å²) in [6, 6.07) is 11.9. The summed E-state index contributed by atoms with van der Waals surface area (Å²) < 4.78 is 15.7. The van der Waals surface area contributed by atoms with Crippen LogP contribution < -0.4 is 15.4 Å². The highest BCUT2D eigenvalue weighted by Crippen LogP contribution is 2.29. The smallest absolute Gasteiger partial charge is 0.342 e. The second-order valence-electron chi connectivity index (χ2n) is 6.47. The van der Waals surface area contributed by atoms with E-state index in [1.807, 2.05) is 0 Å². The van der Waals surface area contributed by atoms with E-state index in [1.165, 1.54) is 7.11 Å². The van der Waals surface area contributed by atoms with Crippen molar-refractivity contribution in [2.45, 2.75) is 13.0 Å². The molecule has 162 valence electrons. The Kier molecular flexibility index (Phi) is 7.15. The van der Waals surface area contributed by atoms with Gasteiger partial charge in [0.25, 0.3) is 0 Å². The topological polar surface area (TPSA) is 103 Å². The van der Waals surface area contributed by atoms with Crippen molar-refractivity contribution in [2.24, 2.45) is 0 Å². The molecule has 0 saturated carbocycles. The Bertz CT molecular complexity index is 1020. The third-order valence-corrected chi connectivity index (χ3v) is 4.78. The van der Waals surface area contributed by atoms with E-state index in [2.05, 4.69) is 10.6 Å². The number of carbonyl (C=O) groups is 3. The van der Waals surface area contributed by atoms with Gasteiger partial charge in [-0.3, -0.25) is 0 Å². The molecule has 0 bridgehead atoms. The molecule has 2 aromatic rings. The molecule has 0 aromatic heterocycles. The lowest BCUT2D eigenvalue weighted by Gasteiger charge is -2.29. The number of carbonyl (C=O) groups excluding carboxylic acids is 3. The van der Waals surface area contributed by atoms with Gasteiger partial charge in [-0.15, -0.1) is 0 Å². The fraction of sp³-hybridized carbons (Fsp3) is 0.227. The molecule has 0 fully saturated rings. The van der Waals surface area contributed by atoms with Crippen molar-refractivity contribution < 1.29 is 28.6 Å². The van der Waals surface area contributed by atoms with E-state index >= 15 is 0 Å². The molecule has 2 N–H and O–H groups in total. The third-order valence-electron chi connectivity index (χ3n) is 4.53. The predicted molar refractivity (Wildman–Crippen MR) is 113 cm³/mol. The highest BCUT2D eigenvalue weighted by atomic mass is 35.5. The van der Waals surface area contributed by atoms with Crippen LogP contribution in [0.15, 0.2) is 59.8 Å². The molecule has 1 heterocycles. The molecule has 3 rings (SSSR count). The van der Waals surface area contributed by atoms with Crippen molar-refractivity contribution in [1.29, 1.82) is 0 Å². The molecule has 1 aliphatic rings. The van der Waals surface area contributed by atoms with Crippen molar-refractivity contribution >= 4 is 29.6 Å².